The molecule has 0 aromatic carbocycles. The summed E-state index contributed by atoms with van der Waals surface area (Å²) in [7, 11) is 0. The summed E-state index contributed by atoms with van der Waals surface area (Å²) in [6.07, 6.45) is 8.54. The molecule has 3 heteroatoms. The van der Waals surface area contributed by atoms with Crippen molar-refractivity contribution < 1.29 is 0 Å². The normalized spacial score (nSPS) is 18.8. The SMILES string of the molecule is CC(C)C(CNC1CC1)n1ccnc1. The van der Waals surface area contributed by atoms with Gasteiger partial charge in [-0.05, 0) is 18.8 Å². The number of hydrogen-bond donors (Lipinski definition) is 1. The number of rotatable bonds is 5. The second-order valence-corrected chi connectivity index (χ2v) is 4.50. The number of hydrogen-bond acceptors (Lipinski definition) is 2. The van der Waals surface area contributed by atoms with Crippen LogP contribution in [0.3, 0.4) is 0 Å². The lowest BCUT2D eigenvalue weighted by Gasteiger charge is -2.22. The Morgan fingerprint density at radius 2 is 2.29 bits per heavy atom. The van der Waals surface area contributed by atoms with E-state index in [1.165, 1.54) is 12.8 Å². The van der Waals surface area contributed by atoms with Gasteiger partial charge in [0.2, 0.25) is 0 Å². The van der Waals surface area contributed by atoms with Gasteiger partial charge in [0, 0.05) is 31.0 Å². The van der Waals surface area contributed by atoms with Crippen LogP contribution in [0.2, 0.25) is 0 Å². The van der Waals surface area contributed by atoms with Gasteiger partial charge in [-0.3, -0.25) is 0 Å². The van der Waals surface area contributed by atoms with Crippen LogP contribution in [0.4, 0.5) is 0 Å². The first-order valence-electron chi connectivity index (χ1n) is 5.48. The van der Waals surface area contributed by atoms with Crippen LogP contribution in [-0.4, -0.2) is 22.1 Å². The highest BCUT2D eigenvalue weighted by Crippen LogP contribution is 2.22. The topological polar surface area (TPSA) is 29.9 Å². The summed E-state index contributed by atoms with van der Waals surface area (Å²) in [5.41, 5.74) is 0. The van der Waals surface area contributed by atoms with E-state index >= 15 is 0 Å². The molecule has 0 spiro atoms. The molecule has 78 valence electrons. The molecule has 0 amide bonds. The molecule has 1 heterocycles. The number of aromatic nitrogens is 2. The van der Waals surface area contributed by atoms with Crippen LogP contribution in [0.1, 0.15) is 32.7 Å². The van der Waals surface area contributed by atoms with E-state index in [9.17, 15) is 0 Å². The number of nitrogens with one attached hydrogen (secondary N) is 1. The molecule has 0 saturated heterocycles. The van der Waals surface area contributed by atoms with Gasteiger partial charge in [0.15, 0.2) is 0 Å². The molecule has 1 unspecified atom stereocenters. The first-order chi connectivity index (χ1) is 6.77. The summed E-state index contributed by atoms with van der Waals surface area (Å²) < 4.78 is 2.21. The van der Waals surface area contributed by atoms with Crippen LogP contribution in [0.15, 0.2) is 18.7 Å². The Labute approximate surface area is 85.5 Å². The molecular formula is C11H19N3. The first-order valence-corrected chi connectivity index (χ1v) is 5.48. The summed E-state index contributed by atoms with van der Waals surface area (Å²) >= 11 is 0. The van der Waals surface area contributed by atoms with Gasteiger partial charge >= 0.3 is 0 Å². The highest BCUT2D eigenvalue weighted by molar-refractivity contribution is 4.87. The zero-order valence-electron chi connectivity index (χ0n) is 8.98. The maximum absolute atomic E-state index is 4.10. The Morgan fingerprint density at radius 1 is 1.50 bits per heavy atom. The van der Waals surface area contributed by atoms with E-state index in [0.717, 1.165) is 12.6 Å². The summed E-state index contributed by atoms with van der Waals surface area (Å²) in [6, 6.07) is 1.33. The Morgan fingerprint density at radius 3 is 2.79 bits per heavy atom. The zero-order valence-corrected chi connectivity index (χ0v) is 8.98. The van der Waals surface area contributed by atoms with Gasteiger partial charge in [-0.2, -0.15) is 0 Å². The van der Waals surface area contributed by atoms with E-state index in [0.29, 0.717) is 12.0 Å². The summed E-state index contributed by atoms with van der Waals surface area (Å²) in [4.78, 5) is 4.10. The Balaban J connectivity index is 1.92. The van der Waals surface area contributed by atoms with Crippen LogP contribution in [0.25, 0.3) is 0 Å². The lowest BCUT2D eigenvalue weighted by Crippen LogP contribution is -2.29. The van der Waals surface area contributed by atoms with Gasteiger partial charge in [-0.1, -0.05) is 13.8 Å². The third-order valence-electron chi connectivity index (χ3n) is 2.87. The minimum Gasteiger partial charge on any atom is -0.333 e. The molecule has 14 heavy (non-hydrogen) atoms. The predicted molar refractivity (Wildman–Crippen MR) is 57.1 cm³/mol. The Kier molecular flexibility index (Phi) is 2.87. The van der Waals surface area contributed by atoms with Crippen molar-refractivity contribution in [3.05, 3.63) is 18.7 Å². The van der Waals surface area contributed by atoms with Crippen LogP contribution >= 0.6 is 0 Å². The van der Waals surface area contributed by atoms with Gasteiger partial charge in [-0.25, -0.2) is 4.98 Å². The monoisotopic (exact) mass is 193 g/mol. The van der Waals surface area contributed by atoms with Crippen molar-refractivity contribution >= 4 is 0 Å². The van der Waals surface area contributed by atoms with Crippen molar-refractivity contribution in [3.63, 3.8) is 0 Å². The van der Waals surface area contributed by atoms with Gasteiger partial charge in [0.05, 0.1) is 6.33 Å². The third-order valence-corrected chi connectivity index (χ3v) is 2.87. The van der Waals surface area contributed by atoms with E-state index in [-0.39, 0.29) is 0 Å². The second-order valence-electron chi connectivity index (χ2n) is 4.50. The lowest BCUT2D eigenvalue weighted by molar-refractivity contribution is 0.355. The fraction of sp³-hybridized carbons (Fsp3) is 0.727. The van der Waals surface area contributed by atoms with Crippen LogP contribution in [-0.2, 0) is 0 Å². The number of imidazole rings is 1. The highest BCUT2D eigenvalue weighted by Gasteiger charge is 2.23. The van der Waals surface area contributed by atoms with Gasteiger partial charge in [0.1, 0.15) is 0 Å². The standard InChI is InChI=1S/C11H19N3/c1-9(2)11(7-13-10-3-4-10)14-6-5-12-8-14/h5-6,8-11,13H,3-4,7H2,1-2H3. The molecule has 0 aliphatic heterocycles. The van der Waals surface area contributed by atoms with Gasteiger partial charge in [0.25, 0.3) is 0 Å². The molecule has 2 rings (SSSR count). The Bertz CT molecular complexity index is 262. The molecule has 0 bridgehead atoms. The smallest absolute Gasteiger partial charge is 0.0949 e. The van der Waals surface area contributed by atoms with E-state index in [2.05, 4.69) is 34.9 Å². The second kappa shape index (κ2) is 4.13. The zero-order chi connectivity index (χ0) is 9.97. The fourth-order valence-corrected chi connectivity index (χ4v) is 1.73. The largest absolute Gasteiger partial charge is 0.333 e. The van der Waals surface area contributed by atoms with E-state index in [4.69, 9.17) is 0 Å². The fourth-order valence-electron chi connectivity index (χ4n) is 1.73. The molecule has 1 aromatic rings. The van der Waals surface area contributed by atoms with Crippen LogP contribution in [0.5, 0.6) is 0 Å². The maximum Gasteiger partial charge on any atom is 0.0949 e. The molecule has 1 N–H and O–H groups in total. The van der Waals surface area contributed by atoms with Crippen LogP contribution < -0.4 is 5.32 Å². The molecule has 1 aliphatic carbocycles. The van der Waals surface area contributed by atoms with Crippen molar-refractivity contribution in [2.45, 2.75) is 38.8 Å². The van der Waals surface area contributed by atoms with E-state index in [1.807, 2.05) is 12.5 Å². The van der Waals surface area contributed by atoms with Crippen molar-refractivity contribution in [2.75, 3.05) is 6.54 Å². The van der Waals surface area contributed by atoms with Crippen molar-refractivity contribution in [2.24, 2.45) is 5.92 Å². The molecule has 1 atom stereocenters. The minimum absolute atomic E-state index is 0.540. The minimum atomic E-state index is 0.540. The maximum atomic E-state index is 4.10. The molecular weight excluding hydrogens is 174 g/mol. The Hall–Kier alpha value is -0.830. The molecule has 1 saturated carbocycles. The van der Waals surface area contributed by atoms with E-state index in [1.54, 1.807) is 0 Å². The highest BCUT2D eigenvalue weighted by atomic mass is 15.1. The molecule has 1 aliphatic rings. The summed E-state index contributed by atoms with van der Waals surface area (Å²) in [6.45, 7) is 5.59. The van der Waals surface area contributed by atoms with Gasteiger partial charge < -0.3 is 9.88 Å². The molecule has 3 nitrogen and oxygen atoms in total. The van der Waals surface area contributed by atoms with Crippen molar-refractivity contribution in [1.82, 2.24) is 14.9 Å². The molecule has 1 aromatic heterocycles. The van der Waals surface area contributed by atoms with Crippen molar-refractivity contribution in [3.8, 4) is 0 Å². The third kappa shape index (κ3) is 2.35. The average Bonchev–Trinajstić information content (AvgIpc) is 2.80. The molecule has 0 radical (unpaired) electrons. The lowest BCUT2D eigenvalue weighted by atomic mass is 10.0. The van der Waals surface area contributed by atoms with E-state index < -0.39 is 0 Å². The van der Waals surface area contributed by atoms with Crippen molar-refractivity contribution in [1.29, 1.82) is 0 Å². The summed E-state index contributed by atoms with van der Waals surface area (Å²) in [5.74, 6) is 0.649. The molecule has 1 fully saturated rings. The van der Waals surface area contributed by atoms with Crippen LogP contribution in [0, 0.1) is 5.92 Å². The number of nitrogens with zero attached hydrogens (tertiary/aromatic N) is 2. The quantitative estimate of drug-likeness (QED) is 0.773. The first kappa shape index (κ1) is 9.71. The summed E-state index contributed by atoms with van der Waals surface area (Å²) in [5, 5.41) is 3.58. The predicted octanol–water partition coefficient (Wildman–Crippen LogP) is 1.83. The van der Waals surface area contributed by atoms with Gasteiger partial charge in [-0.15, -0.1) is 0 Å². The average molecular weight is 193 g/mol.